The molecule has 6 nitrogen and oxygen atoms in total. The smallest absolute Gasteiger partial charge is 0.328 e. The molecule has 17 heavy (non-hydrogen) atoms. The summed E-state index contributed by atoms with van der Waals surface area (Å²) in [4.78, 5) is 30.8. The summed E-state index contributed by atoms with van der Waals surface area (Å²) in [6.45, 7) is 3.64. The molecule has 1 atom stereocenters. The fourth-order valence-corrected chi connectivity index (χ4v) is 1.26. The molecule has 0 unspecified atom stereocenters. The molecule has 0 spiro atoms. The van der Waals surface area contributed by atoms with Crippen LogP contribution in [0.4, 0.5) is 0 Å². The molecule has 6 heteroatoms. The predicted molar refractivity (Wildman–Crippen MR) is 60.1 cm³/mol. The summed E-state index contributed by atoms with van der Waals surface area (Å²) in [6, 6.07) is -0.686. The van der Waals surface area contributed by atoms with Gasteiger partial charge >= 0.3 is 5.97 Å². The number of hydrogen-bond donors (Lipinski definition) is 1. The third-order valence-electron chi connectivity index (χ3n) is 2.20. The molecule has 0 fully saturated rings. The van der Waals surface area contributed by atoms with E-state index in [2.05, 4.69) is 20.0 Å². The fourth-order valence-electron chi connectivity index (χ4n) is 1.26. The zero-order valence-electron chi connectivity index (χ0n) is 10.0. The minimum atomic E-state index is -0.686. The lowest BCUT2D eigenvalue weighted by Crippen LogP contribution is -2.45. The molecule has 1 N–H and O–H groups in total. The molecule has 1 heterocycles. The largest absolute Gasteiger partial charge is 0.467 e. The van der Waals surface area contributed by atoms with E-state index in [1.54, 1.807) is 0 Å². The second-order valence-corrected chi connectivity index (χ2v) is 3.81. The lowest BCUT2D eigenvalue weighted by molar-refractivity contribution is -0.144. The van der Waals surface area contributed by atoms with Crippen LogP contribution in [0.3, 0.4) is 0 Å². The Labute approximate surface area is 99.4 Å². The van der Waals surface area contributed by atoms with Crippen LogP contribution in [0.1, 0.15) is 24.3 Å². The minimum Gasteiger partial charge on any atom is -0.467 e. The molecule has 1 aromatic rings. The highest BCUT2D eigenvalue weighted by Crippen LogP contribution is 2.04. The van der Waals surface area contributed by atoms with E-state index in [9.17, 15) is 9.59 Å². The van der Waals surface area contributed by atoms with Gasteiger partial charge in [0.2, 0.25) is 0 Å². The lowest BCUT2D eigenvalue weighted by Gasteiger charge is -2.19. The summed E-state index contributed by atoms with van der Waals surface area (Å²) in [5.41, 5.74) is 0.169. The molecule has 0 aromatic carbocycles. The summed E-state index contributed by atoms with van der Waals surface area (Å²) < 4.78 is 4.62. The van der Waals surface area contributed by atoms with Crippen LogP contribution in [0.15, 0.2) is 18.6 Å². The number of nitrogens with zero attached hydrogens (tertiary/aromatic N) is 2. The van der Waals surface area contributed by atoms with Gasteiger partial charge < -0.3 is 10.1 Å². The molecule has 1 amide bonds. The molecule has 0 saturated heterocycles. The second-order valence-electron chi connectivity index (χ2n) is 3.81. The fraction of sp³-hybridized carbons (Fsp3) is 0.455. The maximum absolute atomic E-state index is 11.8. The van der Waals surface area contributed by atoms with Crippen LogP contribution in [0, 0.1) is 5.92 Å². The van der Waals surface area contributed by atoms with Crippen LogP contribution >= 0.6 is 0 Å². The standard InChI is InChI=1S/C11H15N3O3/c1-7(2)9(11(16)17-3)14-10(15)8-6-12-4-5-13-8/h4-7,9H,1-3H3,(H,14,15)/t9-/m1/s1. The van der Waals surface area contributed by atoms with Crippen LogP contribution in [0.5, 0.6) is 0 Å². The average molecular weight is 237 g/mol. The summed E-state index contributed by atoms with van der Waals surface area (Å²) in [7, 11) is 1.28. The maximum Gasteiger partial charge on any atom is 0.328 e. The molecule has 0 aliphatic heterocycles. The first kappa shape index (κ1) is 13.1. The van der Waals surface area contributed by atoms with E-state index in [0.717, 1.165) is 0 Å². The molecule has 0 saturated carbocycles. The molecule has 92 valence electrons. The van der Waals surface area contributed by atoms with E-state index in [1.165, 1.54) is 25.7 Å². The van der Waals surface area contributed by atoms with Gasteiger partial charge in [0.05, 0.1) is 13.3 Å². The summed E-state index contributed by atoms with van der Waals surface area (Å²) in [5, 5.41) is 2.57. The van der Waals surface area contributed by atoms with Gasteiger partial charge in [0.1, 0.15) is 11.7 Å². The van der Waals surface area contributed by atoms with Gasteiger partial charge in [0.25, 0.3) is 5.91 Å². The Morgan fingerprint density at radius 2 is 2.06 bits per heavy atom. The predicted octanol–water partition coefficient (Wildman–Crippen LogP) is 0.404. The number of hydrogen-bond acceptors (Lipinski definition) is 5. The van der Waals surface area contributed by atoms with Gasteiger partial charge in [-0.25, -0.2) is 9.78 Å². The van der Waals surface area contributed by atoms with Gasteiger partial charge in [-0.3, -0.25) is 9.78 Å². The van der Waals surface area contributed by atoms with E-state index >= 15 is 0 Å². The molecule has 0 aliphatic rings. The quantitative estimate of drug-likeness (QED) is 0.767. The molecule has 0 bridgehead atoms. The van der Waals surface area contributed by atoms with Gasteiger partial charge in [-0.05, 0) is 5.92 Å². The highest BCUT2D eigenvalue weighted by Gasteiger charge is 2.25. The molecular weight excluding hydrogens is 222 g/mol. The number of ether oxygens (including phenoxy) is 1. The second kappa shape index (κ2) is 5.93. The van der Waals surface area contributed by atoms with Crippen molar-refractivity contribution in [3.05, 3.63) is 24.3 Å². The Kier molecular flexibility index (Phi) is 4.56. The van der Waals surface area contributed by atoms with Gasteiger partial charge in [0, 0.05) is 12.4 Å². The zero-order valence-corrected chi connectivity index (χ0v) is 10.0. The zero-order chi connectivity index (χ0) is 12.8. The van der Waals surface area contributed by atoms with Crippen molar-refractivity contribution < 1.29 is 14.3 Å². The number of carbonyl (C=O) groups is 2. The third-order valence-corrected chi connectivity index (χ3v) is 2.20. The molecule has 0 radical (unpaired) electrons. The first-order valence-electron chi connectivity index (χ1n) is 5.21. The number of aromatic nitrogens is 2. The molecule has 1 aromatic heterocycles. The third kappa shape index (κ3) is 3.51. The number of rotatable bonds is 4. The molecule has 0 aliphatic carbocycles. The van der Waals surface area contributed by atoms with Crippen molar-refractivity contribution in [2.75, 3.05) is 7.11 Å². The van der Waals surface area contributed by atoms with Crippen molar-refractivity contribution in [2.24, 2.45) is 5.92 Å². The summed E-state index contributed by atoms with van der Waals surface area (Å²) in [6.07, 6.45) is 4.22. The van der Waals surface area contributed by atoms with Crippen LogP contribution in [0.2, 0.25) is 0 Å². The van der Waals surface area contributed by atoms with Crippen molar-refractivity contribution in [2.45, 2.75) is 19.9 Å². The van der Waals surface area contributed by atoms with Crippen molar-refractivity contribution in [1.82, 2.24) is 15.3 Å². The van der Waals surface area contributed by atoms with Crippen LogP contribution in [-0.4, -0.2) is 35.0 Å². The van der Waals surface area contributed by atoms with E-state index < -0.39 is 17.9 Å². The maximum atomic E-state index is 11.8. The molecular formula is C11H15N3O3. The van der Waals surface area contributed by atoms with Crippen molar-refractivity contribution in [3.8, 4) is 0 Å². The minimum absolute atomic E-state index is 0.0666. The Hall–Kier alpha value is -1.98. The van der Waals surface area contributed by atoms with Crippen molar-refractivity contribution in [1.29, 1.82) is 0 Å². The first-order chi connectivity index (χ1) is 8.06. The van der Waals surface area contributed by atoms with Crippen LogP contribution in [0.25, 0.3) is 0 Å². The number of methoxy groups -OCH3 is 1. The number of nitrogens with one attached hydrogen (secondary N) is 1. The van der Waals surface area contributed by atoms with E-state index in [-0.39, 0.29) is 11.6 Å². The van der Waals surface area contributed by atoms with Gasteiger partial charge in [-0.1, -0.05) is 13.8 Å². The van der Waals surface area contributed by atoms with E-state index in [4.69, 9.17) is 0 Å². The van der Waals surface area contributed by atoms with E-state index in [0.29, 0.717) is 0 Å². The summed E-state index contributed by atoms with van der Waals surface area (Å²) >= 11 is 0. The number of carbonyl (C=O) groups excluding carboxylic acids is 2. The Morgan fingerprint density at radius 3 is 2.53 bits per heavy atom. The van der Waals surface area contributed by atoms with Crippen LogP contribution < -0.4 is 5.32 Å². The van der Waals surface area contributed by atoms with Crippen molar-refractivity contribution in [3.63, 3.8) is 0 Å². The SMILES string of the molecule is COC(=O)[C@H](NC(=O)c1cnccn1)C(C)C. The number of amides is 1. The lowest BCUT2D eigenvalue weighted by atomic mass is 10.0. The summed E-state index contributed by atoms with van der Waals surface area (Å²) in [5.74, 6) is -0.984. The highest BCUT2D eigenvalue weighted by molar-refractivity contribution is 5.94. The monoisotopic (exact) mass is 237 g/mol. The first-order valence-corrected chi connectivity index (χ1v) is 5.21. The normalized spacial score (nSPS) is 12.0. The Morgan fingerprint density at radius 1 is 1.35 bits per heavy atom. The van der Waals surface area contributed by atoms with Gasteiger partial charge in [0.15, 0.2) is 0 Å². The Bertz CT molecular complexity index is 392. The van der Waals surface area contributed by atoms with Crippen molar-refractivity contribution >= 4 is 11.9 Å². The van der Waals surface area contributed by atoms with Gasteiger partial charge in [-0.2, -0.15) is 0 Å². The topological polar surface area (TPSA) is 81.2 Å². The number of esters is 1. The molecule has 1 rings (SSSR count). The van der Waals surface area contributed by atoms with E-state index in [1.807, 2.05) is 13.8 Å². The highest BCUT2D eigenvalue weighted by atomic mass is 16.5. The average Bonchev–Trinajstić information content (AvgIpc) is 2.35. The van der Waals surface area contributed by atoms with Gasteiger partial charge in [-0.15, -0.1) is 0 Å². The van der Waals surface area contributed by atoms with Crippen LogP contribution in [-0.2, 0) is 9.53 Å². The Balaban J connectivity index is 2.75.